The summed E-state index contributed by atoms with van der Waals surface area (Å²) in [4.78, 5) is 13.2. The summed E-state index contributed by atoms with van der Waals surface area (Å²) < 4.78 is 71.5. The molecule has 2 aliphatic carbocycles. The molecule has 2 heterocycles. The van der Waals surface area contributed by atoms with Crippen LogP contribution in [0.5, 0.6) is 0 Å². The molecule has 0 atom stereocenters. The minimum absolute atomic E-state index is 0.177. The highest BCUT2D eigenvalue weighted by Gasteiger charge is 2.56. The fraction of sp³-hybridized carbons (Fsp3) is 0.571. The lowest BCUT2D eigenvalue weighted by molar-refractivity contribution is -0.932. The van der Waals surface area contributed by atoms with Gasteiger partial charge in [-0.25, -0.2) is 8.78 Å². The van der Waals surface area contributed by atoms with Crippen LogP contribution in [0.25, 0.3) is 0 Å². The lowest BCUT2D eigenvalue weighted by Gasteiger charge is -2.44. The summed E-state index contributed by atoms with van der Waals surface area (Å²) in [7, 11) is 0. The molecule has 2 N–H and O–H groups in total. The summed E-state index contributed by atoms with van der Waals surface area (Å²) >= 11 is 1.17. The number of carbonyl (C=O) groups excluding carboxylic acids is 1. The highest BCUT2D eigenvalue weighted by atomic mass is 32.2. The summed E-state index contributed by atoms with van der Waals surface area (Å²) in [6.07, 6.45) is -1.90. The van der Waals surface area contributed by atoms with Crippen molar-refractivity contribution in [1.82, 2.24) is 9.78 Å². The molecule has 2 saturated carbocycles. The van der Waals surface area contributed by atoms with E-state index in [9.17, 15) is 32.0 Å². The Hall–Kier alpha value is -2.37. The summed E-state index contributed by atoms with van der Waals surface area (Å²) in [5.41, 5.74) is -3.63. The number of nitrogens with zero attached hydrogens (tertiary/aromatic N) is 3. The number of aromatic nitrogens is 3. The average Bonchev–Trinajstić information content (AvgIpc) is 3.28. The number of rotatable bonds is 6. The van der Waals surface area contributed by atoms with Gasteiger partial charge in [-0.15, -0.1) is 0 Å². The maximum Gasteiger partial charge on any atom is 0.420 e. The largest absolute Gasteiger partial charge is 0.420 e. The molecule has 4 rings (SSSR count). The fourth-order valence-electron chi connectivity index (χ4n) is 4.48. The van der Waals surface area contributed by atoms with Crippen molar-refractivity contribution in [1.29, 1.82) is 0 Å². The van der Waals surface area contributed by atoms with Crippen LogP contribution in [0, 0.1) is 5.41 Å². The van der Waals surface area contributed by atoms with Crippen molar-refractivity contribution >= 4 is 23.4 Å². The third kappa shape index (κ3) is 4.53. The van der Waals surface area contributed by atoms with E-state index >= 15 is 0 Å². The van der Waals surface area contributed by atoms with Crippen LogP contribution in [0.15, 0.2) is 23.4 Å². The Morgan fingerprint density at radius 2 is 1.94 bits per heavy atom. The van der Waals surface area contributed by atoms with Gasteiger partial charge in [-0.2, -0.15) is 18.3 Å². The normalized spacial score (nSPS) is 20.2. The van der Waals surface area contributed by atoms with E-state index in [-0.39, 0.29) is 17.9 Å². The van der Waals surface area contributed by atoms with E-state index < -0.39 is 52.9 Å². The van der Waals surface area contributed by atoms with E-state index in [1.807, 2.05) is 0 Å². The second-order valence-electron chi connectivity index (χ2n) is 9.56. The summed E-state index contributed by atoms with van der Waals surface area (Å²) in [6, 6.07) is 2.75. The Labute approximate surface area is 191 Å². The Bertz CT molecular complexity index is 1100. The summed E-state index contributed by atoms with van der Waals surface area (Å²) in [5, 5.41) is 16.7. The van der Waals surface area contributed by atoms with E-state index in [2.05, 4.69) is 10.4 Å². The zero-order valence-electron chi connectivity index (χ0n) is 18.3. The average molecular weight is 492 g/mol. The van der Waals surface area contributed by atoms with Crippen LogP contribution >= 0.6 is 11.8 Å². The van der Waals surface area contributed by atoms with Gasteiger partial charge in [-0.1, -0.05) is 25.6 Å². The highest BCUT2D eigenvalue weighted by molar-refractivity contribution is 7.98. The van der Waals surface area contributed by atoms with Crippen LogP contribution in [-0.2, 0) is 18.1 Å². The molecule has 0 saturated heterocycles. The molecular formula is C21H24F5N4O2S+. The first kappa shape index (κ1) is 23.8. The van der Waals surface area contributed by atoms with Crippen LogP contribution in [0.3, 0.4) is 0 Å². The van der Waals surface area contributed by atoms with Gasteiger partial charge < -0.3 is 5.32 Å². The SMILES string of the molecule is CSc1cc(NC(=O)c2c(C(F)(F)F)c(C3(C)CC3)nn2CC2(C)CC(F)(F)C2)cc[n+]1O. The third-order valence-corrected chi connectivity index (χ3v) is 7.02. The third-order valence-electron chi connectivity index (χ3n) is 6.29. The minimum atomic E-state index is -4.86. The van der Waals surface area contributed by atoms with Gasteiger partial charge in [0.25, 0.3) is 10.9 Å². The maximum absolute atomic E-state index is 14.2. The summed E-state index contributed by atoms with van der Waals surface area (Å²) in [6.45, 7) is 2.98. The Balaban J connectivity index is 1.77. The number of halogens is 5. The van der Waals surface area contributed by atoms with Crippen LogP contribution < -0.4 is 10.0 Å². The molecule has 180 valence electrons. The second-order valence-corrected chi connectivity index (χ2v) is 10.4. The molecule has 0 unspecified atom stereocenters. The predicted molar refractivity (Wildman–Crippen MR) is 110 cm³/mol. The fourth-order valence-corrected chi connectivity index (χ4v) is 4.98. The van der Waals surface area contributed by atoms with Gasteiger partial charge in [0.15, 0.2) is 0 Å². The van der Waals surface area contributed by atoms with Gasteiger partial charge in [-0.05, 0) is 24.5 Å². The monoisotopic (exact) mass is 491 g/mol. The zero-order valence-corrected chi connectivity index (χ0v) is 19.1. The molecule has 2 fully saturated rings. The number of thioether (sulfide) groups is 1. The Kier molecular flexibility index (Phi) is 5.46. The van der Waals surface area contributed by atoms with Crippen molar-refractivity contribution < 1.29 is 36.7 Å². The second kappa shape index (κ2) is 7.57. The van der Waals surface area contributed by atoms with Crippen molar-refractivity contribution in [2.45, 2.75) is 68.6 Å². The van der Waals surface area contributed by atoms with Crippen molar-refractivity contribution in [3.05, 3.63) is 35.3 Å². The van der Waals surface area contributed by atoms with Crippen LogP contribution in [0.1, 0.15) is 61.3 Å². The quantitative estimate of drug-likeness (QED) is 0.261. The molecule has 1 amide bonds. The number of alkyl halides is 5. The number of anilines is 1. The van der Waals surface area contributed by atoms with E-state index in [0.717, 1.165) is 9.41 Å². The van der Waals surface area contributed by atoms with Crippen molar-refractivity contribution in [3.8, 4) is 0 Å². The highest BCUT2D eigenvalue weighted by Crippen LogP contribution is 2.54. The molecule has 0 aromatic carbocycles. The first-order valence-corrected chi connectivity index (χ1v) is 11.6. The first-order valence-electron chi connectivity index (χ1n) is 10.3. The molecule has 6 nitrogen and oxygen atoms in total. The molecule has 12 heteroatoms. The number of pyridine rings is 1. The molecule has 0 radical (unpaired) electrons. The van der Waals surface area contributed by atoms with E-state index in [4.69, 9.17) is 0 Å². The van der Waals surface area contributed by atoms with Gasteiger partial charge in [0, 0.05) is 41.7 Å². The Morgan fingerprint density at radius 1 is 1.30 bits per heavy atom. The molecular weight excluding hydrogens is 467 g/mol. The molecule has 0 aliphatic heterocycles. The number of hydrogen-bond donors (Lipinski definition) is 2. The molecule has 0 spiro atoms. The van der Waals surface area contributed by atoms with Gasteiger partial charge in [-0.3, -0.25) is 14.7 Å². The maximum atomic E-state index is 14.2. The van der Waals surface area contributed by atoms with Crippen molar-refractivity contribution in [3.63, 3.8) is 0 Å². The topological polar surface area (TPSA) is 71.0 Å². The van der Waals surface area contributed by atoms with E-state index in [1.54, 1.807) is 20.1 Å². The van der Waals surface area contributed by atoms with Crippen LogP contribution in [0.4, 0.5) is 27.6 Å². The van der Waals surface area contributed by atoms with E-state index in [0.29, 0.717) is 17.9 Å². The number of hydrogen-bond acceptors (Lipinski definition) is 4. The molecule has 2 aromatic rings. The molecule has 2 aromatic heterocycles. The van der Waals surface area contributed by atoms with Crippen molar-refractivity contribution in [2.24, 2.45) is 5.41 Å². The minimum Gasteiger partial charge on any atom is -0.320 e. The van der Waals surface area contributed by atoms with Crippen LogP contribution in [-0.4, -0.2) is 33.1 Å². The molecule has 0 bridgehead atoms. The lowest BCUT2D eigenvalue weighted by atomic mass is 9.67. The van der Waals surface area contributed by atoms with Gasteiger partial charge in [0.1, 0.15) is 11.3 Å². The molecule has 33 heavy (non-hydrogen) atoms. The van der Waals surface area contributed by atoms with Gasteiger partial charge in [0.2, 0.25) is 12.1 Å². The number of nitrogens with one attached hydrogen (secondary N) is 1. The van der Waals surface area contributed by atoms with Crippen molar-refractivity contribution in [2.75, 3.05) is 11.6 Å². The number of carbonyl (C=O) groups is 1. The standard InChI is InChI=1S/C21H23F5N4O2S/c1-18(9-20(22,23)10-18)11-29-15(14(21(24,25)26)16(28-29)19(2)5-6-19)17(31)27-12-4-7-30(32)13(8-12)33-3/h4,7-8,32H,5-6,9-11H2,1-3H3/p+1. The lowest BCUT2D eigenvalue weighted by Crippen LogP contribution is -2.47. The van der Waals surface area contributed by atoms with E-state index in [1.165, 1.54) is 30.1 Å². The van der Waals surface area contributed by atoms with Crippen LogP contribution in [0.2, 0.25) is 0 Å². The molecule has 2 aliphatic rings. The Morgan fingerprint density at radius 3 is 2.45 bits per heavy atom. The summed E-state index contributed by atoms with van der Waals surface area (Å²) in [5.74, 6) is -3.91. The zero-order chi connectivity index (χ0) is 24.4. The predicted octanol–water partition coefficient (Wildman–Crippen LogP) is 4.89. The smallest absolute Gasteiger partial charge is 0.320 e. The van der Waals surface area contributed by atoms with Gasteiger partial charge >= 0.3 is 6.18 Å². The number of amides is 1. The first-order chi connectivity index (χ1) is 15.2. The van der Waals surface area contributed by atoms with Gasteiger partial charge in [0.05, 0.1) is 11.4 Å².